The predicted molar refractivity (Wildman–Crippen MR) is 52.7 cm³/mol. The summed E-state index contributed by atoms with van der Waals surface area (Å²) in [5, 5.41) is 13.3. The molecule has 0 saturated carbocycles. The van der Waals surface area contributed by atoms with Gasteiger partial charge >= 0.3 is 0 Å². The number of nitrogens with zero attached hydrogens (tertiary/aromatic N) is 3. The molecular weight excluding hydrogens is 248 g/mol. The van der Waals surface area contributed by atoms with E-state index in [1.54, 1.807) is 0 Å². The Labute approximate surface area is 88.6 Å². The molecular formula is C8H7BrN4O. The highest BCUT2D eigenvalue weighted by Crippen LogP contribution is 2.24. The SMILES string of the molecule is Brc1ccccc1OCc1nn[nH]n1. The third-order valence-corrected chi connectivity index (χ3v) is 2.24. The topological polar surface area (TPSA) is 63.7 Å². The molecule has 1 aromatic heterocycles. The number of aromatic nitrogens is 4. The molecule has 1 heterocycles. The summed E-state index contributed by atoms with van der Waals surface area (Å²) in [6.07, 6.45) is 0. The minimum atomic E-state index is 0.305. The first kappa shape index (κ1) is 9.14. The normalized spacial score (nSPS) is 10.1. The van der Waals surface area contributed by atoms with Crippen molar-refractivity contribution in [1.29, 1.82) is 0 Å². The number of rotatable bonds is 3. The summed E-state index contributed by atoms with van der Waals surface area (Å²) in [5.41, 5.74) is 0. The number of H-pyrrole nitrogens is 1. The Morgan fingerprint density at radius 1 is 1.36 bits per heavy atom. The van der Waals surface area contributed by atoms with E-state index in [-0.39, 0.29) is 0 Å². The quantitative estimate of drug-likeness (QED) is 0.903. The van der Waals surface area contributed by atoms with Crippen LogP contribution in [0.2, 0.25) is 0 Å². The number of benzene rings is 1. The van der Waals surface area contributed by atoms with Crippen molar-refractivity contribution >= 4 is 15.9 Å². The van der Waals surface area contributed by atoms with Crippen LogP contribution in [0.15, 0.2) is 28.7 Å². The van der Waals surface area contributed by atoms with E-state index in [0.29, 0.717) is 12.4 Å². The van der Waals surface area contributed by atoms with Gasteiger partial charge in [0.2, 0.25) is 5.82 Å². The van der Waals surface area contributed by atoms with Crippen molar-refractivity contribution < 1.29 is 4.74 Å². The fourth-order valence-electron chi connectivity index (χ4n) is 0.948. The highest BCUT2D eigenvalue weighted by molar-refractivity contribution is 9.10. The molecule has 0 bridgehead atoms. The summed E-state index contributed by atoms with van der Waals surface area (Å²) in [5.74, 6) is 1.29. The first-order valence-corrected chi connectivity index (χ1v) is 4.75. The summed E-state index contributed by atoms with van der Waals surface area (Å²) in [7, 11) is 0. The molecule has 2 rings (SSSR count). The molecule has 0 aliphatic heterocycles. The highest BCUT2D eigenvalue weighted by Gasteiger charge is 2.02. The van der Waals surface area contributed by atoms with Gasteiger partial charge in [0.25, 0.3) is 0 Å². The van der Waals surface area contributed by atoms with Crippen molar-refractivity contribution in [2.75, 3.05) is 0 Å². The number of hydrogen-bond acceptors (Lipinski definition) is 4. The Bertz CT molecular complexity index is 403. The van der Waals surface area contributed by atoms with E-state index in [1.165, 1.54) is 0 Å². The third-order valence-electron chi connectivity index (χ3n) is 1.58. The van der Waals surface area contributed by atoms with Crippen LogP contribution in [0.25, 0.3) is 0 Å². The van der Waals surface area contributed by atoms with E-state index in [0.717, 1.165) is 10.2 Å². The van der Waals surface area contributed by atoms with Gasteiger partial charge in [0.05, 0.1) is 4.47 Å². The fraction of sp³-hybridized carbons (Fsp3) is 0.125. The number of nitrogens with one attached hydrogen (secondary N) is 1. The summed E-state index contributed by atoms with van der Waals surface area (Å²) in [6, 6.07) is 7.59. The van der Waals surface area contributed by atoms with Gasteiger partial charge in [0.1, 0.15) is 5.75 Å². The molecule has 0 saturated heterocycles. The second-order valence-corrected chi connectivity index (χ2v) is 3.40. The first-order chi connectivity index (χ1) is 6.86. The molecule has 72 valence electrons. The average molecular weight is 255 g/mol. The number of halogens is 1. The van der Waals surface area contributed by atoms with Crippen LogP contribution in [-0.2, 0) is 6.61 Å². The zero-order valence-electron chi connectivity index (χ0n) is 7.14. The lowest BCUT2D eigenvalue weighted by Crippen LogP contribution is -1.98. The van der Waals surface area contributed by atoms with Crippen LogP contribution < -0.4 is 4.74 Å². The average Bonchev–Trinajstić information content (AvgIpc) is 2.69. The molecule has 0 spiro atoms. The summed E-state index contributed by atoms with van der Waals surface area (Å²) < 4.78 is 6.36. The van der Waals surface area contributed by atoms with Gasteiger partial charge in [-0.05, 0) is 28.1 Å². The van der Waals surface area contributed by atoms with Crippen molar-refractivity contribution in [3.63, 3.8) is 0 Å². The monoisotopic (exact) mass is 254 g/mol. The number of tetrazole rings is 1. The maximum Gasteiger partial charge on any atom is 0.211 e. The van der Waals surface area contributed by atoms with Crippen LogP contribution in [0.3, 0.4) is 0 Å². The van der Waals surface area contributed by atoms with E-state index < -0.39 is 0 Å². The van der Waals surface area contributed by atoms with E-state index in [4.69, 9.17) is 4.74 Å². The summed E-state index contributed by atoms with van der Waals surface area (Å²) in [6.45, 7) is 0.305. The van der Waals surface area contributed by atoms with Gasteiger partial charge in [-0.25, -0.2) is 0 Å². The van der Waals surface area contributed by atoms with Crippen LogP contribution in [0.4, 0.5) is 0 Å². The lowest BCUT2D eigenvalue weighted by molar-refractivity contribution is 0.294. The second-order valence-electron chi connectivity index (χ2n) is 2.55. The number of aromatic amines is 1. The maximum absolute atomic E-state index is 5.45. The molecule has 0 aliphatic rings. The molecule has 1 N–H and O–H groups in total. The van der Waals surface area contributed by atoms with Gasteiger partial charge in [0, 0.05) is 0 Å². The summed E-state index contributed by atoms with van der Waals surface area (Å²) in [4.78, 5) is 0. The van der Waals surface area contributed by atoms with Crippen LogP contribution in [-0.4, -0.2) is 20.6 Å². The van der Waals surface area contributed by atoms with Crippen molar-refractivity contribution in [2.24, 2.45) is 0 Å². The van der Waals surface area contributed by atoms with Gasteiger partial charge < -0.3 is 4.74 Å². The highest BCUT2D eigenvalue weighted by atomic mass is 79.9. The number of ether oxygens (including phenoxy) is 1. The van der Waals surface area contributed by atoms with Crippen molar-refractivity contribution in [3.8, 4) is 5.75 Å². The Hall–Kier alpha value is -1.43. The maximum atomic E-state index is 5.45. The van der Waals surface area contributed by atoms with Gasteiger partial charge in [-0.15, -0.1) is 10.2 Å². The van der Waals surface area contributed by atoms with Gasteiger partial charge in [0.15, 0.2) is 6.61 Å². The largest absolute Gasteiger partial charge is 0.484 e. The van der Waals surface area contributed by atoms with Crippen LogP contribution >= 0.6 is 15.9 Å². The number of hydrogen-bond donors (Lipinski definition) is 1. The van der Waals surface area contributed by atoms with E-state index in [2.05, 4.69) is 36.6 Å². The number of para-hydroxylation sites is 1. The lowest BCUT2D eigenvalue weighted by Gasteiger charge is -2.04. The Morgan fingerprint density at radius 2 is 2.21 bits per heavy atom. The van der Waals surface area contributed by atoms with Crippen molar-refractivity contribution in [2.45, 2.75) is 6.61 Å². The second kappa shape index (κ2) is 4.19. The first-order valence-electron chi connectivity index (χ1n) is 3.96. The Morgan fingerprint density at radius 3 is 2.93 bits per heavy atom. The zero-order chi connectivity index (χ0) is 9.80. The Balaban J connectivity index is 2.02. The lowest BCUT2D eigenvalue weighted by atomic mass is 10.3. The summed E-state index contributed by atoms with van der Waals surface area (Å²) >= 11 is 3.37. The molecule has 0 unspecified atom stereocenters. The molecule has 14 heavy (non-hydrogen) atoms. The fourth-order valence-corrected chi connectivity index (χ4v) is 1.35. The molecule has 0 amide bonds. The standard InChI is InChI=1S/C8H7BrN4O/c9-6-3-1-2-4-7(6)14-5-8-10-12-13-11-8/h1-4H,5H2,(H,10,11,12,13). The van der Waals surface area contributed by atoms with E-state index in [1.807, 2.05) is 24.3 Å². The smallest absolute Gasteiger partial charge is 0.211 e. The van der Waals surface area contributed by atoms with E-state index >= 15 is 0 Å². The Kier molecular flexibility index (Phi) is 2.73. The minimum absolute atomic E-state index is 0.305. The molecule has 0 fully saturated rings. The molecule has 0 aliphatic carbocycles. The zero-order valence-corrected chi connectivity index (χ0v) is 8.73. The van der Waals surface area contributed by atoms with Gasteiger partial charge in [-0.2, -0.15) is 5.21 Å². The third kappa shape index (κ3) is 2.08. The molecule has 1 aromatic carbocycles. The van der Waals surface area contributed by atoms with Crippen LogP contribution in [0.5, 0.6) is 5.75 Å². The molecule has 2 aromatic rings. The van der Waals surface area contributed by atoms with Gasteiger partial charge in [-0.3, -0.25) is 0 Å². The van der Waals surface area contributed by atoms with Crippen molar-refractivity contribution in [1.82, 2.24) is 20.6 Å². The predicted octanol–water partition coefficient (Wildman–Crippen LogP) is 1.54. The molecule has 6 heteroatoms. The van der Waals surface area contributed by atoms with E-state index in [9.17, 15) is 0 Å². The minimum Gasteiger partial charge on any atom is -0.484 e. The molecule has 0 atom stereocenters. The van der Waals surface area contributed by atoms with Crippen molar-refractivity contribution in [3.05, 3.63) is 34.6 Å². The van der Waals surface area contributed by atoms with Gasteiger partial charge in [-0.1, -0.05) is 17.3 Å². The van der Waals surface area contributed by atoms with Crippen LogP contribution in [0.1, 0.15) is 5.82 Å². The molecule has 5 nitrogen and oxygen atoms in total. The van der Waals surface area contributed by atoms with Crippen LogP contribution in [0, 0.1) is 0 Å². The molecule has 0 radical (unpaired) electrons.